The van der Waals surface area contributed by atoms with E-state index in [0.717, 1.165) is 0 Å². The fourth-order valence-electron chi connectivity index (χ4n) is 2.39. The Morgan fingerprint density at radius 1 is 0.639 bits per heavy atom. The van der Waals surface area contributed by atoms with Crippen LogP contribution < -0.4 is 0 Å². The van der Waals surface area contributed by atoms with E-state index in [1.54, 1.807) is 0 Å². The first-order valence-electron chi connectivity index (χ1n) is 10.7. The number of rotatable bonds is 20. The van der Waals surface area contributed by atoms with Crippen LogP contribution in [0.4, 0.5) is 0 Å². The third-order valence-corrected chi connectivity index (χ3v) is 4.76. The van der Waals surface area contributed by atoms with Gasteiger partial charge in [-0.05, 0) is 23.2 Å². The molecule has 0 N–H and O–H groups in total. The van der Waals surface area contributed by atoms with Crippen molar-refractivity contribution in [2.75, 3.05) is 79.2 Å². The zero-order chi connectivity index (χ0) is 26.4. The molecule has 1 aromatic carbocycles. The smallest absolute Gasteiger partial charge is 0.339 e. The van der Waals surface area contributed by atoms with Crippen molar-refractivity contribution in [1.29, 1.82) is 0 Å². The minimum Gasteiger partial charge on any atom is -0.460 e. The van der Waals surface area contributed by atoms with Gasteiger partial charge in [-0.15, -0.1) is 25.3 Å². The molecule has 0 unspecified atom stereocenters. The molecular weight excluding hydrogens is 516 g/mol. The number of benzene rings is 1. The van der Waals surface area contributed by atoms with Crippen LogP contribution >= 0.6 is 25.3 Å². The lowest BCUT2D eigenvalue weighted by atomic mass is 10.1. The van der Waals surface area contributed by atoms with E-state index in [9.17, 15) is 9.59 Å². The van der Waals surface area contributed by atoms with Gasteiger partial charge in [0.15, 0.2) is 0 Å². The van der Waals surface area contributed by atoms with E-state index in [0.29, 0.717) is 39.6 Å². The van der Waals surface area contributed by atoms with E-state index in [4.69, 9.17) is 39.5 Å². The van der Waals surface area contributed by atoms with Gasteiger partial charge >= 0.3 is 11.9 Å². The van der Waals surface area contributed by atoms with Crippen LogP contribution in [0.1, 0.15) is 20.7 Å². The molecule has 0 radical (unpaired) electrons. The lowest BCUT2D eigenvalue weighted by Crippen LogP contribution is -2.15. The number of nitrogens with zero attached hydrogens (tertiary/aromatic N) is 6. The Labute approximate surface area is 218 Å². The Bertz CT molecular complexity index is 852. The SMILES string of the molecule is [N-]=[N+]=NCCOCCOCCOC(=O)c1cc(S)c(C(=O)OCCOCCOCCN=[N+]=[N-])cc1S. The lowest BCUT2D eigenvalue weighted by Gasteiger charge is -2.11. The fourth-order valence-corrected chi connectivity index (χ4v) is 2.96. The maximum absolute atomic E-state index is 12.3. The summed E-state index contributed by atoms with van der Waals surface area (Å²) in [5.74, 6) is -1.28. The number of esters is 2. The molecule has 0 spiro atoms. The van der Waals surface area contributed by atoms with Crippen LogP contribution in [-0.4, -0.2) is 91.1 Å². The summed E-state index contributed by atoms with van der Waals surface area (Å²) in [6.45, 7) is 2.65. The molecule has 0 amide bonds. The van der Waals surface area contributed by atoms with Gasteiger partial charge in [0.2, 0.25) is 0 Å². The minimum absolute atomic E-state index is 0.00925. The number of azide groups is 2. The van der Waals surface area contributed by atoms with Crippen molar-refractivity contribution in [2.45, 2.75) is 9.79 Å². The predicted octanol–water partition coefficient (Wildman–Crippen LogP) is 3.26. The molecule has 198 valence electrons. The summed E-state index contributed by atoms with van der Waals surface area (Å²) >= 11 is 8.54. The topological polar surface area (TPSA) is 187 Å². The minimum atomic E-state index is -0.639. The van der Waals surface area contributed by atoms with Gasteiger partial charge in [-0.2, -0.15) is 0 Å². The Morgan fingerprint density at radius 2 is 0.972 bits per heavy atom. The van der Waals surface area contributed by atoms with Crippen LogP contribution in [0.2, 0.25) is 0 Å². The van der Waals surface area contributed by atoms with Crippen molar-refractivity contribution >= 4 is 37.2 Å². The number of carbonyl (C=O) groups excluding carboxylic acids is 2. The van der Waals surface area contributed by atoms with Gasteiger partial charge in [0.05, 0.1) is 64.0 Å². The second kappa shape index (κ2) is 20.5. The van der Waals surface area contributed by atoms with Gasteiger partial charge < -0.3 is 28.4 Å². The van der Waals surface area contributed by atoms with Gasteiger partial charge in [0.25, 0.3) is 0 Å². The molecule has 0 aliphatic rings. The largest absolute Gasteiger partial charge is 0.460 e. The van der Waals surface area contributed by atoms with Crippen LogP contribution in [0.5, 0.6) is 0 Å². The number of hydrogen-bond donors (Lipinski definition) is 2. The van der Waals surface area contributed by atoms with Crippen LogP contribution in [0, 0.1) is 0 Å². The average Bonchev–Trinajstić information content (AvgIpc) is 2.87. The fraction of sp³-hybridized carbons (Fsp3) is 0.600. The number of thiol groups is 2. The zero-order valence-corrected chi connectivity index (χ0v) is 21.3. The molecule has 1 aromatic rings. The third-order valence-electron chi connectivity index (χ3n) is 4.02. The first-order valence-corrected chi connectivity index (χ1v) is 11.6. The first kappa shape index (κ1) is 31.4. The Kier molecular flexibility index (Phi) is 17.9. The van der Waals surface area contributed by atoms with Gasteiger partial charge in [0, 0.05) is 32.7 Å². The van der Waals surface area contributed by atoms with Crippen LogP contribution in [0.25, 0.3) is 20.9 Å². The standard InChI is InChI=1S/C20H28N6O8S2/c21-25-23-1-3-29-5-7-31-9-11-33-19(27)15-13-18(36)16(14-17(15)35)20(28)34-12-10-32-8-6-30-4-2-24-26-22/h13-14,35-36H,1-12H2. The van der Waals surface area contributed by atoms with Crippen molar-refractivity contribution < 1.29 is 38.0 Å². The van der Waals surface area contributed by atoms with E-state index in [-0.39, 0.29) is 60.4 Å². The second-order valence-corrected chi connectivity index (χ2v) is 7.48. The first-order chi connectivity index (χ1) is 17.5. The summed E-state index contributed by atoms with van der Waals surface area (Å²) in [5, 5.41) is 6.66. The van der Waals surface area contributed by atoms with E-state index in [2.05, 4.69) is 45.3 Å². The van der Waals surface area contributed by atoms with Gasteiger partial charge in [-0.3, -0.25) is 0 Å². The van der Waals surface area contributed by atoms with Crippen molar-refractivity contribution in [2.24, 2.45) is 10.2 Å². The van der Waals surface area contributed by atoms with Crippen molar-refractivity contribution in [3.05, 3.63) is 44.1 Å². The highest BCUT2D eigenvalue weighted by atomic mass is 32.1. The molecule has 0 aliphatic heterocycles. The predicted molar refractivity (Wildman–Crippen MR) is 133 cm³/mol. The lowest BCUT2D eigenvalue weighted by molar-refractivity contribution is 0.0147. The van der Waals surface area contributed by atoms with Gasteiger partial charge in [-0.25, -0.2) is 9.59 Å². The number of ether oxygens (including phenoxy) is 6. The highest BCUT2D eigenvalue weighted by Gasteiger charge is 2.18. The molecule has 0 aromatic heterocycles. The van der Waals surface area contributed by atoms with Crippen LogP contribution in [-0.2, 0) is 28.4 Å². The second-order valence-electron chi connectivity index (χ2n) is 6.52. The molecular formula is C20H28N6O8S2. The highest BCUT2D eigenvalue weighted by Crippen LogP contribution is 2.24. The average molecular weight is 545 g/mol. The molecule has 16 heteroatoms. The van der Waals surface area contributed by atoms with E-state index < -0.39 is 11.9 Å². The Hall–Kier alpha value is -2.68. The van der Waals surface area contributed by atoms with E-state index in [1.807, 2.05) is 0 Å². The molecule has 36 heavy (non-hydrogen) atoms. The molecule has 0 saturated carbocycles. The Morgan fingerprint density at radius 3 is 1.33 bits per heavy atom. The summed E-state index contributed by atoms with van der Waals surface area (Å²) in [4.78, 5) is 30.3. The summed E-state index contributed by atoms with van der Waals surface area (Å²) in [5.41, 5.74) is 16.6. The molecule has 14 nitrogen and oxygen atoms in total. The number of carbonyl (C=O) groups is 2. The molecule has 1 rings (SSSR count). The highest BCUT2D eigenvalue weighted by molar-refractivity contribution is 7.80. The zero-order valence-electron chi connectivity index (χ0n) is 19.5. The molecule has 0 aliphatic carbocycles. The molecule has 0 heterocycles. The van der Waals surface area contributed by atoms with Gasteiger partial charge in [0.1, 0.15) is 13.2 Å². The maximum Gasteiger partial charge on any atom is 0.339 e. The number of hydrogen-bond acceptors (Lipinski definition) is 12. The summed E-state index contributed by atoms with van der Waals surface area (Å²) in [7, 11) is 0. The summed E-state index contributed by atoms with van der Waals surface area (Å²) in [6.07, 6.45) is 0. The van der Waals surface area contributed by atoms with Gasteiger partial charge in [-0.1, -0.05) is 10.2 Å². The van der Waals surface area contributed by atoms with Crippen molar-refractivity contribution in [1.82, 2.24) is 0 Å². The third kappa shape index (κ3) is 14.0. The van der Waals surface area contributed by atoms with E-state index in [1.165, 1.54) is 12.1 Å². The summed E-state index contributed by atoms with van der Waals surface area (Å²) in [6, 6.07) is 2.76. The monoisotopic (exact) mass is 544 g/mol. The molecule has 0 fully saturated rings. The normalized spacial score (nSPS) is 10.3. The molecule has 0 bridgehead atoms. The van der Waals surface area contributed by atoms with Crippen molar-refractivity contribution in [3.63, 3.8) is 0 Å². The Balaban J connectivity index is 2.29. The van der Waals surface area contributed by atoms with E-state index >= 15 is 0 Å². The van der Waals surface area contributed by atoms with Crippen LogP contribution in [0.15, 0.2) is 32.2 Å². The van der Waals surface area contributed by atoms with Crippen molar-refractivity contribution in [3.8, 4) is 0 Å². The maximum atomic E-state index is 12.3. The molecule has 0 atom stereocenters. The van der Waals surface area contributed by atoms with Crippen LogP contribution in [0.3, 0.4) is 0 Å². The summed E-state index contributed by atoms with van der Waals surface area (Å²) < 4.78 is 31.2. The molecule has 0 saturated heterocycles. The quantitative estimate of drug-likeness (QED) is 0.0625.